The minimum Gasteiger partial charge on any atom is -0.397 e. The van der Waals surface area contributed by atoms with E-state index in [9.17, 15) is 0 Å². The summed E-state index contributed by atoms with van der Waals surface area (Å²) < 4.78 is 23.1. The highest BCUT2D eigenvalue weighted by atomic mass is 28.4. The Morgan fingerprint density at radius 2 is 1.07 bits per heavy atom. The first-order valence-electron chi connectivity index (χ1n) is 11.0. The van der Waals surface area contributed by atoms with Crippen molar-refractivity contribution < 1.29 is 17.7 Å². The van der Waals surface area contributed by atoms with Crippen LogP contribution in [0.25, 0.3) is 0 Å². The molecule has 0 heterocycles. The molecule has 0 radical (unpaired) electrons. The molecule has 0 atom stereocenters. The lowest BCUT2D eigenvalue weighted by atomic mass is 10.3. The Morgan fingerprint density at radius 1 is 0.667 bits per heavy atom. The van der Waals surface area contributed by atoms with Crippen molar-refractivity contribution in [2.24, 2.45) is 5.92 Å². The van der Waals surface area contributed by atoms with Gasteiger partial charge in [0.25, 0.3) is 0 Å². The lowest BCUT2D eigenvalue weighted by molar-refractivity contribution is 0.218. The van der Waals surface area contributed by atoms with E-state index in [4.69, 9.17) is 17.7 Å². The quantitative estimate of drug-likeness (QED) is 0.406. The Labute approximate surface area is 171 Å². The van der Waals surface area contributed by atoms with Crippen molar-refractivity contribution in [3.63, 3.8) is 0 Å². The molecule has 2 aliphatic rings. The van der Waals surface area contributed by atoms with Gasteiger partial charge in [-0.25, -0.2) is 0 Å². The van der Waals surface area contributed by atoms with Crippen molar-refractivity contribution >= 4 is 17.1 Å². The molecule has 4 nitrogen and oxygen atoms in total. The van der Waals surface area contributed by atoms with Gasteiger partial charge in [0.05, 0.1) is 0 Å². The molecule has 0 bridgehead atoms. The summed E-state index contributed by atoms with van der Waals surface area (Å²) in [5.41, 5.74) is 2.02. The van der Waals surface area contributed by atoms with Crippen LogP contribution < -0.4 is 0 Å². The van der Waals surface area contributed by atoms with Crippen LogP contribution in [0.2, 0.25) is 22.7 Å². The van der Waals surface area contributed by atoms with Gasteiger partial charge in [-0.05, 0) is 43.2 Å². The van der Waals surface area contributed by atoms with Gasteiger partial charge in [-0.2, -0.15) is 0 Å². The average Bonchev–Trinajstić information content (AvgIpc) is 3.36. The van der Waals surface area contributed by atoms with Gasteiger partial charge >= 0.3 is 17.1 Å². The predicted octanol–water partition coefficient (Wildman–Crippen LogP) is 6.40. The van der Waals surface area contributed by atoms with Crippen molar-refractivity contribution in [1.29, 1.82) is 0 Å². The van der Waals surface area contributed by atoms with Crippen LogP contribution in [-0.2, 0) is 17.7 Å². The van der Waals surface area contributed by atoms with Gasteiger partial charge in [0.1, 0.15) is 0 Å². The van der Waals surface area contributed by atoms with E-state index < -0.39 is 17.1 Å². The van der Waals surface area contributed by atoms with Crippen LogP contribution in [0, 0.1) is 5.92 Å². The van der Waals surface area contributed by atoms with E-state index in [1.807, 2.05) is 28.4 Å². The molecule has 0 unspecified atom stereocenters. The van der Waals surface area contributed by atoms with Gasteiger partial charge in [0.15, 0.2) is 0 Å². The standard InChI is InChI=1S/C11H24O2Si.C10H22O2Si/c1-10(2)9-14(12-3,13-4)11-7-5-6-8-11;1-9(2)13(11-3,12-4)10-7-5-6-8-10/h10-11H,5-9H2,1-4H3;9-10H,5-8H2,1-4H3. The van der Waals surface area contributed by atoms with Crippen molar-refractivity contribution in [2.45, 2.75) is 102 Å². The van der Waals surface area contributed by atoms with Crippen LogP contribution in [0.5, 0.6) is 0 Å². The summed E-state index contributed by atoms with van der Waals surface area (Å²) in [5.74, 6) is 0.683. The molecule has 2 rings (SSSR count). The minimum absolute atomic E-state index is 0.561. The zero-order chi connectivity index (χ0) is 20.5. The predicted molar refractivity (Wildman–Crippen MR) is 119 cm³/mol. The fourth-order valence-electron chi connectivity index (χ4n) is 5.37. The lowest BCUT2D eigenvalue weighted by Crippen LogP contribution is -2.47. The van der Waals surface area contributed by atoms with Crippen molar-refractivity contribution in [3.05, 3.63) is 0 Å². The van der Waals surface area contributed by atoms with E-state index in [-0.39, 0.29) is 0 Å². The summed E-state index contributed by atoms with van der Waals surface area (Å²) in [6.07, 6.45) is 10.7. The minimum atomic E-state index is -1.89. The van der Waals surface area contributed by atoms with Crippen LogP contribution in [0.1, 0.15) is 79.1 Å². The largest absolute Gasteiger partial charge is 0.397 e. The lowest BCUT2D eigenvalue weighted by Gasteiger charge is -2.36. The van der Waals surface area contributed by atoms with Gasteiger partial charge in [-0.3, -0.25) is 0 Å². The Hall–Kier alpha value is 0.274. The molecule has 6 heteroatoms. The molecular weight excluding hydrogens is 372 g/mol. The van der Waals surface area contributed by atoms with E-state index in [0.717, 1.165) is 17.1 Å². The summed E-state index contributed by atoms with van der Waals surface area (Å²) in [7, 11) is 3.58. The molecule has 0 aliphatic heterocycles. The SMILES string of the molecule is CO[Si](CC(C)C)(OC)C1CCCC1.CO[Si](OC)(C(C)C)C1CCCC1. The smallest absolute Gasteiger partial charge is 0.343 e. The normalized spacial score (nSPS) is 19.8. The molecular formula is C21H46O4Si2. The number of hydrogen-bond acceptors (Lipinski definition) is 4. The first kappa shape index (κ1) is 25.3. The zero-order valence-corrected chi connectivity index (χ0v) is 21.3. The third kappa shape index (κ3) is 6.38. The molecule has 2 aliphatic carbocycles. The molecule has 0 aromatic carbocycles. The maximum atomic E-state index is 5.80. The fourth-order valence-corrected chi connectivity index (χ4v) is 13.2. The fraction of sp³-hybridized carbons (Fsp3) is 1.00. The summed E-state index contributed by atoms with van der Waals surface area (Å²) in [4.78, 5) is 0. The van der Waals surface area contributed by atoms with Crippen LogP contribution in [0.4, 0.5) is 0 Å². The topological polar surface area (TPSA) is 36.9 Å². The van der Waals surface area contributed by atoms with E-state index in [0.29, 0.717) is 11.5 Å². The second kappa shape index (κ2) is 12.1. The molecule has 2 saturated carbocycles. The third-order valence-electron chi connectivity index (χ3n) is 6.73. The maximum absolute atomic E-state index is 5.80. The zero-order valence-electron chi connectivity index (χ0n) is 19.3. The van der Waals surface area contributed by atoms with Crippen LogP contribution >= 0.6 is 0 Å². The van der Waals surface area contributed by atoms with Gasteiger partial charge in [0, 0.05) is 39.5 Å². The van der Waals surface area contributed by atoms with E-state index in [1.165, 1.54) is 51.4 Å². The first-order valence-corrected chi connectivity index (χ1v) is 15.1. The van der Waals surface area contributed by atoms with Crippen LogP contribution in [0.15, 0.2) is 0 Å². The van der Waals surface area contributed by atoms with Crippen molar-refractivity contribution in [2.75, 3.05) is 28.4 Å². The van der Waals surface area contributed by atoms with Gasteiger partial charge in [-0.1, -0.05) is 53.4 Å². The van der Waals surface area contributed by atoms with Crippen molar-refractivity contribution in [1.82, 2.24) is 0 Å². The second-order valence-electron chi connectivity index (χ2n) is 9.07. The summed E-state index contributed by atoms with van der Waals surface area (Å²) in [6.45, 7) is 8.98. The van der Waals surface area contributed by atoms with Crippen LogP contribution in [0.3, 0.4) is 0 Å². The average molecular weight is 419 g/mol. The highest BCUT2D eigenvalue weighted by Crippen LogP contribution is 2.44. The van der Waals surface area contributed by atoms with Gasteiger partial charge in [0.2, 0.25) is 0 Å². The molecule has 0 N–H and O–H groups in total. The molecule has 0 amide bonds. The molecule has 2 fully saturated rings. The molecule has 0 aromatic heterocycles. The van der Waals surface area contributed by atoms with E-state index in [2.05, 4.69) is 27.7 Å². The summed E-state index contributed by atoms with van der Waals surface area (Å²) in [5, 5.41) is 0. The highest BCUT2D eigenvalue weighted by molar-refractivity contribution is 6.70. The van der Waals surface area contributed by atoms with Gasteiger partial charge in [-0.15, -0.1) is 0 Å². The Balaban J connectivity index is 0.000000271. The van der Waals surface area contributed by atoms with Crippen LogP contribution in [-0.4, -0.2) is 45.6 Å². The Kier molecular flexibility index (Phi) is 11.3. The molecule has 0 aromatic rings. The monoisotopic (exact) mass is 418 g/mol. The summed E-state index contributed by atoms with van der Waals surface area (Å²) >= 11 is 0. The van der Waals surface area contributed by atoms with E-state index in [1.54, 1.807) is 0 Å². The van der Waals surface area contributed by atoms with Crippen molar-refractivity contribution in [3.8, 4) is 0 Å². The third-order valence-corrected chi connectivity index (χ3v) is 15.9. The molecule has 162 valence electrons. The highest BCUT2D eigenvalue weighted by Gasteiger charge is 2.48. The molecule has 0 spiro atoms. The number of hydrogen-bond donors (Lipinski definition) is 0. The van der Waals surface area contributed by atoms with Gasteiger partial charge < -0.3 is 17.7 Å². The Morgan fingerprint density at radius 3 is 1.37 bits per heavy atom. The summed E-state index contributed by atoms with van der Waals surface area (Å²) in [6, 6.07) is 1.14. The molecule has 27 heavy (non-hydrogen) atoms. The maximum Gasteiger partial charge on any atom is 0.343 e. The Bertz CT molecular complexity index is 384. The molecule has 0 saturated heterocycles. The van der Waals surface area contributed by atoms with E-state index >= 15 is 0 Å². The second-order valence-corrected chi connectivity index (χ2v) is 17.0. The number of rotatable bonds is 9. The first-order chi connectivity index (χ1) is 12.8.